The first kappa shape index (κ1) is 16.5. The average molecular weight is 299 g/mol. The molecule has 4 nitrogen and oxygen atoms in total. The average Bonchev–Trinajstić information content (AvgIpc) is 2.69. The van der Waals surface area contributed by atoms with Crippen molar-refractivity contribution in [1.82, 2.24) is 9.80 Å². The first-order valence-electron chi connectivity index (χ1n) is 8.05. The lowest BCUT2D eigenvalue weighted by Crippen LogP contribution is -2.44. The predicted molar refractivity (Wildman–Crippen MR) is 86.9 cm³/mol. The number of carbonyl (C=O) groups is 1. The van der Waals surface area contributed by atoms with Gasteiger partial charge in [-0.2, -0.15) is 5.26 Å². The van der Waals surface area contributed by atoms with Gasteiger partial charge in [-0.15, -0.1) is 0 Å². The molecular weight excluding hydrogens is 274 g/mol. The standard InChI is InChI=1S/C18H25N3O/c1-15(9-10-19)18(22)21-12-6-11-20(13-16(21)2)14-17-7-4-3-5-8-17/h3-5,7-8,15-16H,6,9,11-14H2,1-2H3. The third kappa shape index (κ3) is 4.32. The molecule has 4 heteroatoms. The molecule has 1 aliphatic heterocycles. The Hall–Kier alpha value is -1.86. The lowest BCUT2D eigenvalue weighted by Gasteiger charge is -2.30. The maximum atomic E-state index is 12.5. The second kappa shape index (κ2) is 7.95. The lowest BCUT2D eigenvalue weighted by molar-refractivity contribution is -0.136. The van der Waals surface area contributed by atoms with Gasteiger partial charge < -0.3 is 4.90 Å². The molecule has 1 aromatic rings. The van der Waals surface area contributed by atoms with Crippen LogP contribution in [0, 0.1) is 17.2 Å². The minimum atomic E-state index is -0.201. The first-order chi connectivity index (χ1) is 10.6. The predicted octanol–water partition coefficient (Wildman–Crippen LogP) is 2.66. The number of carbonyl (C=O) groups excluding carboxylic acids is 1. The number of rotatable bonds is 4. The molecule has 2 rings (SSSR count). The maximum Gasteiger partial charge on any atom is 0.226 e. The maximum absolute atomic E-state index is 12.5. The molecule has 0 saturated carbocycles. The number of nitriles is 1. The van der Waals surface area contributed by atoms with Crippen LogP contribution in [0.1, 0.15) is 32.3 Å². The first-order valence-corrected chi connectivity index (χ1v) is 8.05. The van der Waals surface area contributed by atoms with Crippen molar-refractivity contribution in [3.63, 3.8) is 0 Å². The Morgan fingerprint density at radius 1 is 1.36 bits per heavy atom. The minimum Gasteiger partial charge on any atom is -0.338 e. The molecule has 0 bridgehead atoms. The number of benzene rings is 1. The summed E-state index contributed by atoms with van der Waals surface area (Å²) in [4.78, 5) is 16.9. The van der Waals surface area contributed by atoms with E-state index in [0.717, 1.165) is 32.6 Å². The van der Waals surface area contributed by atoms with Crippen LogP contribution in [-0.4, -0.2) is 41.4 Å². The van der Waals surface area contributed by atoms with Gasteiger partial charge in [0, 0.05) is 44.6 Å². The lowest BCUT2D eigenvalue weighted by atomic mass is 10.1. The van der Waals surface area contributed by atoms with Crippen LogP contribution >= 0.6 is 0 Å². The quantitative estimate of drug-likeness (QED) is 0.858. The molecule has 1 aromatic carbocycles. The Morgan fingerprint density at radius 2 is 2.09 bits per heavy atom. The molecule has 0 radical (unpaired) electrons. The molecule has 22 heavy (non-hydrogen) atoms. The Bertz CT molecular complexity index is 523. The van der Waals surface area contributed by atoms with Crippen molar-refractivity contribution in [3.05, 3.63) is 35.9 Å². The van der Waals surface area contributed by atoms with Crippen molar-refractivity contribution in [3.8, 4) is 6.07 Å². The van der Waals surface area contributed by atoms with Crippen LogP contribution in [-0.2, 0) is 11.3 Å². The Labute approximate surface area is 133 Å². The summed E-state index contributed by atoms with van der Waals surface area (Å²) in [6, 6.07) is 12.8. The van der Waals surface area contributed by atoms with Crippen LogP contribution < -0.4 is 0 Å². The van der Waals surface area contributed by atoms with Gasteiger partial charge in [0.2, 0.25) is 5.91 Å². The monoisotopic (exact) mass is 299 g/mol. The van der Waals surface area contributed by atoms with E-state index >= 15 is 0 Å². The van der Waals surface area contributed by atoms with Crippen molar-refractivity contribution in [2.24, 2.45) is 5.92 Å². The molecule has 1 aliphatic rings. The van der Waals surface area contributed by atoms with Crippen molar-refractivity contribution >= 4 is 5.91 Å². The summed E-state index contributed by atoms with van der Waals surface area (Å²) in [5, 5.41) is 8.78. The van der Waals surface area contributed by atoms with E-state index in [1.54, 1.807) is 0 Å². The molecule has 0 spiro atoms. The summed E-state index contributed by atoms with van der Waals surface area (Å²) in [7, 11) is 0. The van der Waals surface area contributed by atoms with Crippen LogP contribution in [0.25, 0.3) is 0 Å². The zero-order valence-corrected chi connectivity index (χ0v) is 13.5. The Morgan fingerprint density at radius 3 is 2.77 bits per heavy atom. The zero-order valence-electron chi connectivity index (χ0n) is 13.5. The van der Waals surface area contributed by atoms with E-state index < -0.39 is 0 Å². The Balaban J connectivity index is 1.97. The van der Waals surface area contributed by atoms with Gasteiger partial charge in [-0.05, 0) is 18.9 Å². The largest absolute Gasteiger partial charge is 0.338 e. The van der Waals surface area contributed by atoms with Crippen LogP contribution in [0.2, 0.25) is 0 Å². The number of hydrogen-bond donors (Lipinski definition) is 0. The van der Waals surface area contributed by atoms with Crippen LogP contribution in [0.4, 0.5) is 0 Å². The molecule has 118 valence electrons. The molecule has 1 heterocycles. The van der Waals surface area contributed by atoms with E-state index in [9.17, 15) is 4.79 Å². The van der Waals surface area contributed by atoms with Gasteiger partial charge in [0.25, 0.3) is 0 Å². The van der Waals surface area contributed by atoms with E-state index in [4.69, 9.17) is 5.26 Å². The van der Waals surface area contributed by atoms with Gasteiger partial charge in [0.1, 0.15) is 0 Å². The second-order valence-electron chi connectivity index (χ2n) is 6.22. The molecule has 2 atom stereocenters. The number of hydrogen-bond acceptors (Lipinski definition) is 3. The molecular formula is C18H25N3O. The highest BCUT2D eigenvalue weighted by Crippen LogP contribution is 2.16. The van der Waals surface area contributed by atoms with Crippen molar-refractivity contribution in [1.29, 1.82) is 5.26 Å². The molecule has 2 unspecified atom stereocenters. The van der Waals surface area contributed by atoms with Gasteiger partial charge in [0.15, 0.2) is 0 Å². The van der Waals surface area contributed by atoms with E-state index in [1.807, 2.05) is 17.9 Å². The van der Waals surface area contributed by atoms with E-state index in [1.165, 1.54) is 5.56 Å². The van der Waals surface area contributed by atoms with Crippen LogP contribution in [0.15, 0.2) is 30.3 Å². The van der Waals surface area contributed by atoms with Crippen LogP contribution in [0.3, 0.4) is 0 Å². The number of nitrogens with zero attached hydrogens (tertiary/aromatic N) is 3. The van der Waals surface area contributed by atoms with Gasteiger partial charge in [-0.25, -0.2) is 0 Å². The van der Waals surface area contributed by atoms with E-state index in [0.29, 0.717) is 6.42 Å². The Kier molecular flexibility index (Phi) is 5.97. The fourth-order valence-corrected chi connectivity index (χ4v) is 3.07. The zero-order chi connectivity index (χ0) is 15.9. The molecule has 1 saturated heterocycles. The summed E-state index contributed by atoms with van der Waals surface area (Å²) in [5.41, 5.74) is 1.31. The highest BCUT2D eigenvalue weighted by atomic mass is 16.2. The normalized spacial score (nSPS) is 21.0. The van der Waals surface area contributed by atoms with Gasteiger partial charge in [-0.3, -0.25) is 9.69 Å². The topological polar surface area (TPSA) is 47.3 Å². The van der Waals surface area contributed by atoms with E-state index in [2.05, 4.69) is 42.2 Å². The fourth-order valence-electron chi connectivity index (χ4n) is 3.07. The smallest absolute Gasteiger partial charge is 0.226 e. The van der Waals surface area contributed by atoms with Crippen molar-refractivity contribution in [2.45, 2.75) is 39.3 Å². The van der Waals surface area contributed by atoms with Gasteiger partial charge >= 0.3 is 0 Å². The van der Waals surface area contributed by atoms with Crippen molar-refractivity contribution < 1.29 is 4.79 Å². The van der Waals surface area contributed by atoms with E-state index in [-0.39, 0.29) is 17.9 Å². The van der Waals surface area contributed by atoms with Crippen LogP contribution in [0.5, 0.6) is 0 Å². The number of amides is 1. The summed E-state index contributed by atoms with van der Waals surface area (Å²) < 4.78 is 0. The summed E-state index contributed by atoms with van der Waals surface area (Å²) in [6.07, 6.45) is 1.29. The summed E-state index contributed by atoms with van der Waals surface area (Å²) in [6.45, 7) is 7.59. The van der Waals surface area contributed by atoms with Gasteiger partial charge in [-0.1, -0.05) is 37.3 Å². The molecule has 0 N–H and O–H groups in total. The summed E-state index contributed by atoms with van der Waals surface area (Å²) >= 11 is 0. The fraction of sp³-hybridized carbons (Fsp3) is 0.556. The molecule has 0 aliphatic carbocycles. The highest BCUT2D eigenvalue weighted by Gasteiger charge is 2.28. The SMILES string of the molecule is CC(CC#N)C(=O)N1CCCN(Cc2ccccc2)CC1C. The van der Waals surface area contributed by atoms with Crippen molar-refractivity contribution in [2.75, 3.05) is 19.6 Å². The third-order valence-electron chi connectivity index (χ3n) is 4.28. The highest BCUT2D eigenvalue weighted by molar-refractivity contribution is 5.79. The third-order valence-corrected chi connectivity index (χ3v) is 4.28. The second-order valence-corrected chi connectivity index (χ2v) is 6.22. The molecule has 1 fully saturated rings. The minimum absolute atomic E-state index is 0.121. The molecule has 1 amide bonds. The summed E-state index contributed by atoms with van der Waals surface area (Å²) in [5.74, 6) is -0.0799. The van der Waals surface area contributed by atoms with Gasteiger partial charge in [0.05, 0.1) is 6.07 Å². The molecule has 0 aromatic heterocycles.